The first-order chi connectivity index (χ1) is 14.5. The summed E-state index contributed by atoms with van der Waals surface area (Å²) >= 11 is 8.10. The first-order valence-corrected chi connectivity index (χ1v) is 11.4. The molecule has 168 valence electrons. The molecule has 0 heterocycles. The SMILES string of the molecule is COc1ccc([N+](=O)[O-])c(N[C@H](CC=N[S+]([O-])C(C)(C)C)c2c(Br)ccc(F)c2Cl)c1. The Morgan fingerprint density at radius 2 is 2.06 bits per heavy atom. The maximum absolute atomic E-state index is 14.2. The van der Waals surface area contributed by atoms with Crippen molar-refractivity contribution in [1.29, 1.82) is 0 Å². The molecule has 11 heteroatoms. The van der Waals surface area contributed by atoms with E-state index in [0.717, 1.165) is 0 Å². The van der Waals surface area contributed by atoms with E-state index in [4.69, 9.17) is 16.3 Å². The highest BCUT2D eigenvalue weighted by atomic mass is 79.9. The van der Waals surface area contributed by atoms with Gasteiger partial charge in [-0.2, -0.15) is 0 Å². The summed E-state index contributed by atoms with van der Waals surface area (Å²) in [6.07, 6.45) is 1.58. The van der Waals surface area contributed by atoms with Crippen LogP contribution in [0.4, 0.5) is 15.8 Å². The number of halogens is 3. The van der Waals surface area contributed by atoms with E-state index in [0.29, 0.717) is 15.8 Å². The van der Waals surface area contributed by atoms with E-state index >= 15 is 0 Å². The molecule has 0 aliphatic rings. The van der Waals surface area contributed by atoms with E-state index in [-0.39, 0.29) is 22.8 Å². The lowest BCUT2D eigenvalue weighted by Gasteiger charge is -2.22. The lowest BCUT2D eigenvalue weighted by Crippen LogP contribution is -2.26. The number of hydrogen-bond acceptors (Lipinski definition) is 6. The van der Waals surface area contributed by atoms with Crippen LogP contribution >= 0.6 is 27.5 Å². The Morgan fingerprint density at radius 1 is 1.39 bits per heavy atom. The Balaban J connectivity index is 2.50. The Labute approximate surface area is 196 Å². The highest BCUT2D eigenvalue weighted by molar-refractivity contribution is 9.10. The second kappa shape index (κ2) is 10.6. The van der Waals surface area contributed by atoms with Crippen LogP contribution in [0.3, 0.4) is 0 Å². The lowest BCUT2D eigenvalue weighted by atomic mass is 10.0. The van der Waals surface area contributed by atoms with Gasteiger partial charge in [0.1, 0.15) is 33.4 Å². The van der Waals surface area contributed by atoms with E-state index in [1.165, 1.54) is 43.7 Å². The minimum atomic E-state index is -1.49. The number of nitro groups is 1. The van der Waals surface area contributed by atoms with Crippen LogP contribution in [-0.2, 0) is 11.4 Å². The summed E-state index contributed by atoms with van der Waals surface area (Å²) in [4.78, 5) is 11.0. The third-order valence-corrected chi connectivity index (χ3v) is 6.66. The van der Waals surface area contributed by atoms with E-state index in [2.05, 4.69) is 25.6 Å². The largest absolute Gasteiger partial charge is 0.591 e. The maximum atomic E-state index is 14.2. The van der Waals surface area contributed by atoms with Crippen LogP contribution in [0.15, 0.2) is 39.2 Å². The van der Waals surface area contributed by atoms with Gasteiger partial charge < -0.3 is 14.6 Å². The molecule has 0 fully saturated rings. The smallest absolute Gasteiger partial charge is 0.292 e. The van der Waals surface area contributed by atoms with Gasteiger partial charge in [0, 0.05) is 28.6 Å². The molecule has 0 saturated heterocycles. The highest BCUT2D eigenvalue weighted by Crippen LogP contribution is 2.38. The van der Waals surface area contributed by atoms with Gasteiger partial charge >= 0.3 is 0 Å². The number of rotatable bonds is 8. The molecule has 1 N–H and O–H groups in total. The first kappa shape index (κ1) is 25.4. The third kappa shape index (κ3) is 6.55. The molecule has 0 aliphatic carbocycles. The summed E-state index contributed by atoms with van der Waals surface area (Å²) in [5, 5.41) is 14.4. The molecule has 2 aromatic carbocycles. The molecule has 0 radical (unpaired) electrons. The number of benzene rings is 2. The minimum Gasteiger partial charge on any atom is -0.591 e. The Kier molecular flexibility index (Phi) is 8.70. The van der Waals surface area contributed by atoms with Crippen LogP contribution in [0, 0.1) is 15.9 Å². The molecule has 0 saturated carbocycles. The number of methoxy groups -OCH3 is 1. The molecular formula is C20H22BrClFN3O4S. The number of nitrogens with one attached hydrogen (secondary N) is 1. The topological polar surface area (TPSA) is 99.8 Å². The molecule has 31 heavy (non-hydrogen) atoms. The predicted octanol–water partition coefficient (Wildman–Crippen LogP) is 6.23. The Bertz CT molecular complexity index is 988. The van der Waals surface area contributed by atoms with Gasteiger partial charge in [-0.25, -0.2) is 4.39 Å². The summed E-state index contributed by atoms with van der Waals surface area (Å²) in [6, 6.07) is 6.24. The van der Waals surface area contributed by atoms with Crippen molar-refractivity contribution in [3.8, 4) is 5.75 Å². The van der Waals surface area contributed by atoms with Gasteiger partial charge in [-0.3, -0.25) is 10.1 Å². The quantitative estimate of drug-likeness (QED) is 0.142. The van der Waals surface area contributed by atoms with E-state index in [1.54, 1.807) is 20.8 Å². The van der Waals surface area contributed by atoms with Gasteiger partial charge in [-0.1, -0.05) is 31.9 Å². The van der Waals surface area contributed by atoms with E-state index in [1.807, 2.05) is 0 Å². The lowest BCUT2D eigenvalue weighted by molar-refractivity contribution is -0.384. The van der Waals surface area contributed by atoms with E-state index in [9.17, 15) is 19.1 Å². The van der Waals surface area contributed by atoms with Crippen molar-refractivity contribution in [2.45, 2.75) is 38.0 Å². The molecule has 7 nitrogen and oxygen atoms in total. The summed E-state index contributed by atoms with van der Waals surface area (Å²) in [7, 11) is 1.44. The zero-order valence-corrected chi connectivity index (χ0v) is 20.5. The molecule has 2 aromatic rings. The fourth-order valence-corrected chi connectivity index (χ4v) is 4.15. The number of nitro benzene ring substituents is 1. The molecule has 2 rings (SSSR count). The monoisotopic (exact) mass is 533 g/mol. The van der Waals surface area contributed by atoms with Crippen LogP contribution in [0.2, 0.25) is 5.02 Å². The zero-order valence-electron chi connectivity index (χ0n) is 17.3. The first-order valence-electron chi connectivity index (χ1n) is 9.12. The van der Waals surface area contributed by atoms with Crippen LogP contribution in [0.1, 0.15) is 38.8 Å². The van der Waals surface area contributed by atoms with Crippen molar-refractivity contribution < 1.29 is 18.6 Å². The van der Waals surface area contributed by atoms with Crippen LogP contribution < -0.4 is 10.1 Å². The molecular weight excluding hydrogens is 513 g/mol. The standard InChI is InChI=1S/C20H22BrClFN3O4S/c1-20(2,3)31(29)24-10-9-15(18-13(21)6-7-14(23)19(18)22)25-16-11-12(30-4)5-8-17(16)26(27)28/h5-8,10-11,15,25H,9H2,1-4H3/t15-,31?/m1/s1. The Morgan fingerprint density at radius 3 is 2.65 bits per heavy atom. The van der Waals surface area contributed by atoms with E-state index < -0.39 is 32.9 Å². The molecule has 0 aliphatic heterocycles. The molecule has 2 atom stereocenters. The normalized spacial score (nSPS) is 13.8. The van der Waals surface area contributed by atoms with Gasteiger partial charge in [0.25, 0.3) is 5.69 Å². The molecule has 0 bridgehead atoms. The molecule has 0 amide bonds. The minimum absolute atomic E-state index is 0.136. The van der Waals surface area contributed by atoms with Crippen molar-refractivity contribution in [3.05, 3.63) is 61.3 Å². The number of nitrogens with zero attached hydrogens (tertiary/aromatic N) is 2. The number of hydrogen-bond donors (Lipinski definition) is 1. The maximum Gasteiger partial charge on any atom is 0.292 e. The van der Waals surface area contributed by atoms with Gasteiger partial charge in [0.15, 0.2) is 0 Å². The summed E-state index contributed by atoms with van der Waals surface area (Å²) in [6.45, 7) is 5.36. The fraction of sp³-hybridized carbons (Fsp3) is 0.350. The van der Waals surface area contributed by atoms with Gasteiger partial charge in [0.05, 0.1) is 29.3 Å². The molecule has 0 spiro atoms. The summed E-state index contributed by atoms with van der Waals surface area (Å²) in [5.74, 6) is -0.235. The second-order valence-electron chi connectivity index (χ2n) is 7.48. The van der Waals surface area contributed by atoms with Gasteiger partial charge in [0.2, 0.25) is 0 Å². The molecule has 1 unspecified atom stereocenters. The average Bonchev–Trinajstić information content (AvgIpc) is 2.69. The molecule has 0 aromatic heterocycles. The van der Waals surface area contributed by atoms with Crippen molar-refractivity contribution in [2.75, 3.05) is 12.4 Å². The number of ether oxygens (including phenoxy) is 1. The zero-order chi connectivity index (χ0) is 23.3. The summed E-state index contributed by atoms with van der Waals surface area (Å²) in [5.41, 5.74) is 0.323. The van der Waals surface area contributed by atoms with Crippen LogP contribution in [0.25, 0.3) is 0 Å². The third-order valence-electron chi connectivity index (χ3n) is 4.19. The van der Waals surface area contributed by atoms with Crippen LogP contribution in [0.5, 0.6) is 5.75 Å². The number of anilines is 1. The highest BCUT2D eigenvalue weighted by Gasteiger charge is 2.27. The second-order valence-corrected chi connectivity index (χ2v) is 10.6. The predicted molar refractivity (Wildman–Crippen MR) is 126 cm³/mol. The van der Waals surface area contributed by atoms with Gasteiger partial charge in [-0.05, 0) is 39.0 Å². The van der Waals surface area contributed by atoms with Crippen molar-refractivity contribution in [1.82, 2.24) is 0 Å². The van der Waals surface area contributed by atoms with Crippen molar-refractivity contribution >= 4 is 56.5 Å². The Hall–Kier alpha value is -1.88. The average molecular weight is 535 g/mol. The summed E-state index contributed by atoms with van der Waals surface area (Å²) < 4.78 is 35.6. The van der Waals surface area contributed by atoms with Crippen molar-refractivity contribution in [3.63, 3.8) is 0 Å². The van der Waals surface area contributed by atoms with Gasteiger partial charge in [-0.15, -0.1) is 0 Å². The van der Waals surface area contributed by atoms with Crippen LogP contribution in [-0.4, -0.2) is 27.5 Å². The fourth-order valence-electron chi connectivity index (χ4n) is 2.59. The van der Waals surface area contributed by atoms with Crippen molar-refractivity contribution in [2.24, 2.45) is 4.40 Å².